The lowest BCUT2D eigenvalue weighted by molar-refractivity contribution is -0.178. The van der Waals surface area contributed by atoms with Gasteiger partial charge in [0.15, 0.2) is 11.4 Å². The van der Waals surface area contributed by atoms with Gasteiger partial charge in [0.25, 0.3) is 5.91 Å². The summed E-state index contributed by atoms with van der Waals surface area (Å²) < 4.78 is 5.74. The van der Waals surface area contributed by atoms with Gasteiger partial charge in [-0.25, -0.2) is 0 Å². The minimum atomic E-state index is -2.87. The van der Waals surface area contributed by atoms with Crippen molar-refractivity contribution in [1.82, 2.24) is 0 Å². The number of esters is 1. The van der Waals surface area contributed by atoms with Crippen molar-refractivity contribution in [3.63, 3.8) is 0 Å². The van der Waals surface area contributed by atoms with E-state index in [9.17, 15) is 39.6 Å². The van der Waals surface area contributed by atoms with Crippen LogP contribution in [0.3, 0.4) is 0 Å². The van der Waals surface area contributed by atoms with Crippen LogP contribution in [0.1, 0.15) is 49.7 Å². The summed E-state index contributed by atoms with van der Waals surface area (Å²) in [6.07, 6.45) is -1.03. The van der Waals surface area contributed by atoms with Gasteiger partial charge in [0.2, 0.25) is 5.78 Å². The minimum absolute atomic E-state index is 0.0292. The van der Waals surface area contributed by atoms with Crippen LogP contribution in [0.25, 0.3) is 5.76 Å². The van der Waals surface area contributed by atoms with E-state index in [1.807, 2.05) is 0 Å². The molecule has 1 saturated carbocycles. The number of fused-ring (bicyclic) bond motifs is 3. The van der Waals surface area contributed by atoms with Crippen LogP contribution >= 0.6 is 0 Å². The Labute approximate surface area is 206 Å². The van der Waals surface area contributed by atoms with Gasteiger partial charge < -0.3 is 36.6 Å². The van der Waals surface area contributed by atoms with Crippen molar-refractivity contribution >= 4 is 29.2 Å². The second kappa shape index (κ2) is 9.07. The Morgan fingerprint density at radius 1 is 1.17 bits per heavy atom. The summed E-state index contributed by atoms with van der Waals surface area (Å²) in [6.45, 7) is 2.05. The quantitative estimate of drug-likeness (QED) is 0.182. The van der Waals surface area contributed by atoms with Crippen molar-refractivity contribution in [3.8, 4) is 5.75 Å². The molecule has 0 saturated heterocycles. The summed E-state index contributed by atoms with van der Waals surface area (Å²) in [5, 5.41) is 44.0. The fourth-order valence-corrected chi connectivity index (χ4v) is 5.71. The number of hydrogen-bond acceptors (Lipinski definition) is 10. The van der Waals surface area contributed by atoms with Gasteiger partial charge in [-0.15, -0.1) is 0 Å². The third-order valence-corrected chi connectivity index (χ3v) is 7.44. The van der Waals surface area contributed by atoms with Crippen LogP contribution in [0.2, 0.25) is 0 Å². The first-order valence-electron chi connectivity index (χ1n) is 11.7. The van der Waals surface area contributed by atoms with Crippen LogP contribution in [0, 0.1) is 11.8 Å². The molecule has 4 rings (SSSR count). The van der Waals surface area contributed by atoms with Crippen LogP contribution in [0.4, 0.5) is 0 Å². The molecule has 11 heteroatoms. The molecule has 0 bridgehead atoms. The number of amides is 1. The number of phenols is 1. The second-order valence-electron chi connectivity index (χ2n) is 9.44. The normalized spacial score (nSPS) is 29.4. The standard InChI is InChI=1S/C25H28N2O9/c1-10-11-5-4-6-13(28)17(11)20(31)19-16(10)21(36-15(30)7-2-3-8-26)12-9-14(29)18(24(27)34)22(32)25(12,35)23(19)33/h4-6,10,12,16,21,28,31-32,35H,2-3,7-9,26H2,1H3,(H2,27,34)/t10-,12+,16+,21+,25+/m0/s1. The number of aliphatic hydroxyl groups excluding tert-OH is 2. The van der Waals surface area contributed by atoms with Crippen LogP contribution in [-0.2, 0) is 23.9 Å². The van der Waals surface area contributed by atoms with E-state index >= 15 is 0 Å². The first kappa shape index (κ1) is 25.4. The molecule has 0 radical (unpaired) electrons. The van der Waals surface area contributed by atoms with Crippen molar-refractivity contribution in [1.29, 1.82) is 0 Å². The molecule has 0 heterocycles. The summed E-state index contributed by atoms with van der Waals surface area (Å²) in [7, 11) is 0. The molecule has 0 aromatic heterocycles. The van der Waals surface area contributed by atoms with Gasteiger partial charge in [-0.05, 0) is 36.9 Å². The Kier molecular flexibility index (Phi) is 6.40. The number of unbranched alkanes of at least 4 members (excludes halogenated alkanes) is 1. The van der Waals surface area contributed by atoms with E-state index in [0.29, 0.717) is 24.9 Å². The van der Waals surface area contributed by atoms with Gasteiger partial charge in [-0.1, -0.05) is 19.1 Å². The number of carbonyl (C=O) groups excluding carboxylic acids is 4. The molecule has 192 valence electrons. The monoisotopic (exact) mass is 500 g/mol. The number of primary amides is 1. The predicted molar refractivity (Wildman–Crippen MR) is 124 cm³/mol. The zero-order valence-corrected chi connectivity index (χ0v) is 19.6. The van der Waals surface area contributed by atoms with Gasteiger partial charge in [-0.2, -0.15) is 0 Å². The highest BCUT2D eigenvalue weighted by molar-refractivity contribution is 6.23. The number of aliphatic hydroxyl groups is 3. The van der Waals surface area contributed by atoms with Gasteiger partial charge in [0.05, 0.1) is 5.56 Å². The van der Waals surface area contributed by atoms with E-state index in [1.165, 1.54) is 6.07 Å². The molecule has 3 aliphatic rings. The first-order chi connectivity index (χ1) is 17.0. The lowest BCUT2D eigenvalue weighted by Gasteiger charge is -2.51. The summed E-state index contributed by atoms with van der Waals surface area (Å²) >= 11 is 0. The van der Waals surface area contributed by atoms with Crippen LogP contribution in [0.5, 0.6) is 5.75 Å². The molecule has 3 aliphatic carbocycles. The van der Waals surface area contributed by atoms with Crippen LogP contribution < -0.4 is 11.5 Å². The average molecular weight is 501 g/mol. The van der Waals surface area contributed by atoms with E-state index in [-0.39, 0.29) is 23.3 Å². The van der Waals surface area contributed by atoms with Crippen molar-refractivity contribution in [3.05, 3.63) is 46.2 Å². The van der Waals surface area contributed by atoms with E-state index in [2.05, 4.69) is 0 Å². The maximum atomic E-state index is 13.8. The summed E-state index contributed by atoms with van der Waals surface area (Å²) in [6, 6.07) is 4.49. The fourth-order valence-electron chi connectivity index (χ4n) is 5.71. The molecule has 1 aromatic carbocycles. The maximum Gasteiger partial charge on any atom is 0.306 e. The highest BCUT2D eigenvalue weighted by Gasteiger charge is 2.66. The van der Waals surface area contributed by atoms with Gasteiger partial charge in [-0.3, -0.25) is 19.2 Å². The van der Waals surface area contributed by atoms with Crippen LogP contribution in [-0.4, -0.2) is 62.1 Å². The highest BCUT2D eigenvalue weighted by atomic mass is 16.5. The molecule has 0 spiro atoms. The fraction of sp³-hybridized carbons (Fsp3) is 0.440. The minimum Gasteiger partial charge on any atom is -0.508 e. The molecule has 1 aromatic rings. The lowest BCUT2D eigenvalue weighted by atomic mass is 9.55. The molecular formula is C25H28N2O9. The predicted octanol–water partition coefficient (Wildman–Crippen LogP) is 0.636. The van der Waals surface area contributed by atoms with Gasteiger partial charge in [0.1, 0.15) is 28.9 Å². The number of ketones is 2. The smallest absolute Gasteiger partial charge is 0.306 e. The topological polar surface area (TPSA) is 210 Å². The van der Waals surface area contributed by atoms with Crippen molar-refractivity contribution < 1.29 is 44.3 Å². The Morgan fingerprint density at radius 3 is 2.50 bits per heavy atom. The zero-order chi connectivity index (χ0) is 26.5. The first-order valence-corrected chi connectivity index (χ1v) is 11.7. The zero-order valence-electron chi connectivity index (χ0n) is 19.6. The lowest BCUT2D eigenvalue weighted by Crippen LogP contribution is -2.64. The largest absolute Gasteiger partial charge is 0.508 e. The summed E-state index contributed by atoms with van der Waals surface area (Å²) in [4.78, 5) is 51.2. The molecule has 36 heavy (non-hydrogen) atoms. The number of Topliss-reactive ketones (excluding diaryl/α,β-unsaturated/α-hetero) is 2. The van der Waals surface area contributed by atoms with E-state index in [4.69, 9.17) is 16.2 Å². The Morgan fingerprint density at radius 2 is 1.86 bits per heavy atom. The second-order valence-corrected chi connectivity index (χ2v) is 9.44. The summed E-state index contributed by atoms with van der Waals surface area (Å²) in [5.74, 6) is -9.43. The summed E-state index contributed by atoms with van der Waals surface area (Å²) in [5.41, 5.74) is 6.94. The molecule has 11 nitrogen and oxygen atoms in total. The molecule has 8 N–H and O–H groups in total. The average Bonchev–Trinajstić information content (AvgIpc) is 2.81. The van der Waals surface area contributed by atoms with Crippen molar-refractivity contribution in [2.75, 3.05) is 6.54 Å². The number of rotatable bonds is 6. The molecular weight excluding hydrogens is 472 g/mol. The Bertz CT molecular complexity index is 1230. The van der Waals surface area contributed by atoms with E-state index in [1.54, 1.807) is 19.1 Å². The number of benzene rings is 1. The number of nitrogens with two attached hydrogens (primary N) is 2. The number of hydrogen-bond donors (Lipinski definition) is 6. The highest BCUT2D eigenvalue weighted by Crippen LogP contribution is 2.56. The maximum absolute atomic E-state index is 13.8. The Balaban J connectivity index is 1.94. The SMILES string of the molecule is C[C@H]1c2cccc(O)c2C(O)=C2C(=O)[C@]3(O)C(O)=C(C(N)=O)C(=O)C[C@@H]3[C@@H](OC(=O)CCCCN)[C@@H]21. The molecule has 1 amide bonds. The molecule has 0 unspecified atom stereocenters. The van der Waals surface area contributed by atoms with Crippen molar-refractivity contribution in [2.45, 2.75) is 50.2 Å². The van der Waals surface area contributed by atoms with Gasteiger partial charge >= 0.3 is 5.97 Å². The molecule has 1 fully saturated rings. The van der Waals surface area contributed by atoms with Crippen LogP contribution in [0.15, 0.2) is 35.1 Å². The third-order valence-electron chi connectivity index (χ3n) is 7.44. The molecule has 0 aliphatic heterocycles. The number of phenolic OH excluding ortho intramolecular Hbond substituents is 1. The van der Waals surface area contributed by atoms with E-state index < -0.39 is 76.4 Å². The number of ether oxygens (including phenoxy) is 1. The van der Waals surface area contributed by atoms with Gasteiger partial charge in [0, 0.05) is 30.3 Å². The van der Waals surface area contributed by atoms with E-state index in [0.717, 1.165) is 0 Å². The third kappa shape index (κ3) is 3.58. The number of carbonyl (C=O) groups is 4. The molecule has 5 atom stereocenters. The number of aromatic hydroxyl groups is 1. The van der Waals surface area contributed by atoms with Crippen molar-refractivity contribution in [2.24, 2.45) is 23.3 Å². The Hall–Kier alpha value is -3.70.